The number of H-pyrrole nitrogens is 1. The highest BCUT2D eigenvalue weighted by Crippen LogP contribution is 2.19. The summed E-state index contributed by atoms with van der Waals surface area (Å²) in [5.41, 5.74) is -0.629. The van der Waals surface area contributed by atoms with Gasteiger partial charge in [-0.3, -0.25) is 19.1 Å². The monoisotopic (exact) mass is 457 g/mol. The number of azo groups is 1. The van der Waals surface area contributed by atoms with Gasteiger partial charge in [-0.25, -0.2) is 4.79 Å². The first kappa shape index (κ1) is 25.4. The van der Waals surface area contributed by atoms with Gasteiger partial charge in [0.05, 0.1) is 11.0 Å². The molecule has 30 heavy (non-hydrogen) atoms. The van der Waals surface area contributed by atoms with E-state index in [1.807, 2.05) is 31.1 Å². The molecular weight excluding hydrogens is 433 g/mol. The van der Waals surface area contributed by atoms with Gasteiger partial charge >= 0.3 is 11.7 Å². The van der Waals surface area contributed by atoms with Crippen molar-refractivity contribution >= 4 is 46.2 Å². The number of nitrogens with one attached hydrogen (secondary N) is 1. The molecule has 1 N–H and O–H groups in total. The maximum atomic E-state index is 11.9. The van der Waals surface area contributed by atoms with Crippen LogP contribution in [0, 0.1) is 0 Å². The predicted octanol–water partition coefficient (Wildman–Crippen LogP) is 3.78. The van der Waals surface area contributed by atoms with Gasteiger partial charge in [-0.1, -0.05) is 0 Å². The minimum atomic E-state index is -0.722. The molecule has 2 aromatic rings. The molecule has 1 heterocycles. The van der Waals surface area contributed by atoms with E-state index < -0.39 is 22.8 Å². The number of carbonyl (C=O) groups is 1. The number of hydrogen-bond acceptors (Lipinski definition) is 7. The fourth-order valence-corrected chi connectivity index (χ4v) is 2.13. The van der Waals surface area contributed by atoms with E-state index in [9.17, 15) is 14.4 Å². The lowest BCUT2D eigenvalue weighted by atomic mass is 10.2. The highest BCUT2D eigenvalue weighted by molar-refractivity contribution is 6.40. The number of carbonyl (C=O) groups excluding carboxylic acids is 1. The van der Waals surface area contributed by atoms with Crippen LogP contribution in [0.1, 0.15) is 20.8 Å². The van der Waals surface area contributed by atoms with Crippen molar-refractivity contribution in [2.24, 2.45) is 10.2 Å². The minimum Gasteiger partial charge on any atom is -0.459 e. The normalized spacial score (nSPS) is 11.0. The van der Waals surface area contributed by atoms with E-state index in [2.05, 4.69) is 15.2 Å². The van der Waals surface area contributed by atoms with Crippen LogP contribution in [0.3, 0.4) is 0 Å². The van der Waals surface area contributed by atoms with Crippen LogP contribution >= 0.6 is 23.2 Å². The van der Waals surface area contributed by atoms with E-state index in [1.165, 1.54) is 6.20 Å². The van der Waals surface area contributed by atoms with Crippen LogP contribution < -0.4 is 16.1 Å². The van der Waals surface area contributed by atoms with Gasteiger partial charge in [0.15, 0.2) is 5.69 Å². The number of aromatic amines is 1. The van der Waals surface area contributed by atoms with Gasteiger partial charge in [0.2, 0.25) is 0 Å². The number of esters is 1. The number of alkyl halides is 2. The second kappa shape index (κ2) is 11.5. The molecule has 0 saturated heterocycles. The van der Waals surface area contributed by atoms with Gasteiger partial charge in [0, 0.05) is 26.0 Å². The molecule has 0 radical (unpaired) electrons. The Kier molecular flexibility index (Phi) is 9.74. The quantitative estimate of drug-likeness (QED) is 0.417. The molecule has 1 aromatic heterocycles. The maximum Gasteiger partial charge on any atom is 0.328 e. The first-order chi connectivity index (χ1) is 14.0. The molecule has 9 nitrogen and oxygen atoms in total. The molecule has 0 amide bonds. The van der Waals surface area contributed by atoms with Gasteiger partial charge in [0.1, 0.15) is 12.1 Å². The summed E-state index contributed by atoms with van der Waals surface area (Å²) in [6.45, 7) is 4.83. The Morgan fingerprint density at radius 2 is 1.70 bits per heavy atom. The number of ether oxygens (including phenoxy) is 1. The summed E-state index contributed by atoms with van der Waals surface area (Å²) in [6.07, 6.45) is 1.18. The number of aromatic nitrogens is 2. The van der Waals surface area contributed by atoms with Crippen molar-refractivity contribution in [3.05, 3.63) is 51.3 Å². The summed E-state index contributed by atoms with van der Waals surface area (Å²) in [5.74, 6) is -0.598. The Bertz CT molecular complexity index is 976. The van der Waals surface area contributed by atoms with Gasteiger partial charge in [-0.2, -0.15) is 5.11 Å². The zero-order valence-electron chi connectivity index (χ0n) is 17.5. The van der Waals surface area contributed by atoms with Crippen LogP contribution in [0.5, 0.6) is 0 Å². The van der Waals surface area contributed by atoms with E-state index in [-0.39, 0.29) is 17.6 Å². The van der Waals surface area contributed by atoms with Gasteiger partial charge in [-0.15, -0.1) is 28.3 Å². The van der Waals surface area contributed by atoms with E-state index in [1.54, 1.807) is 32.9 Å². The second-order valence-corrected chi connectivity index (χ2v) is 8.01. The molecule has 0 atom stereocenters. The first-order valence-corrected chi connectivity index (χ1v) is 9.90. The van der Waals surface area contributed by atoms with Gasteiger partial charge in [0.25, 0.3) is 5.56 Å². The number of halogens is 2. The number of rotatable bonds is 5. The fourth-order valence-electron chi connectivity index (χ4n) is 2.13. The third-order valence-corrected chi connectivity index (χ3v) is 3.35. The molecule has 0 fully saturated rings. The average molecular weight is 458 g/mol. The summed E-state index contributed by atoms with van der Waals surface area (Å²) in [6, 6.07) is 7.23. The fraction of sp³-hybridized carbons (Fsp3) is 0.421. The van der Waals surface area contributed by atoms with Gasteiger partial charge in [-0.05, 0) is 45.0 Å². The van der Waals surface area contributed by atoms with E-state index in [4.69, 9.17) is 27.9 Å². The smallest absolute Gasteiger partial charge is 0.328 e. The number of benzene rings is 1. The summed E-state index contributed by atoms with van der Waals surface area (Å²) in [4.78, 5) is 39.8. The predicted molar refractivity (Wildman–Crippen MR) is 119 cm³/mol. The van der Waals surface area contributed by atoms with Crippen molar-refractivity contribution < 1.29 is 9.53 Å². The van der Waals surface area contributed by atoms with Crippen LogP contribution in [0.4, 0.5) is 17.1 Å². The molecule has 11 heteroatoms. The molecule has 0 aliphatic heterocycles. The zero-order valence-corrected chi connectivity index (χ0v) is 19.0. The Balaban J connectivity index is 0.00000141. The van der Waals surface area contributed by atoms with Crippen molar-refractivity contribution in [1.29, 1.82) is 0 Å². The lowest BCUT2D eigenvalue weighted by Gasteiger charge is -2.19. The highest BCUT2D eigenvalue weighted by Gasteiger charge is 2.17. The molecule has 2 rings (SSSR count). The summed E-state index contributed by atoms with van der Waals surface area (Å²) < 4.78 is 6.20. The van der Waals surface area contributed by atoms with Crippen molar-refractivity contribution in [1.82, 2.24) is 9.55 Å². The van der Waals surface area contributed by atoms with Crippen LogP contribution in [-0.4, -0.2) is 40.6 Å². The maximum absolute atomic E-state index is 11.9. The summed E-state index contributed by atoms with van der Waals surface area (Å²) in [7, 11) is 3.84. The second-order valence-electron chi connectivity index (χ2n) is 7.20. The Morgan fingerprint density at radius 1 is 1.13 bits per heavy atom. The van der Waals surface area contributed by atoms with E-state index in [0.717, 1.165) is 10.3 Å². The van der Waals surface area contributed by atoms with Crippen LogP contribution in [0.2, 0.25) is 0 Å². The summed E-state index contributed by atoms with van der Waals surface area (Å²) >= 11 is 9.53. The first-order valence-electron chi connectivity index (χ1n) is 8.83. The van der Waals surface area contributed by atoms with Crippen molar-refractivity contribution in [2.75, 3.05) is 24.3 Å². The molecule has 0 bridgehead atoms. The lowest BCUT2D eigenvalue weighted by Crippen LogP contribution is -2.34. The van der Waals surface area contributed by atoms with Crippen molar-refractivity contribution in [3.63, 3.8) is 0 Å². The third-order valence-electron chi connectivity index (χ3n) is 3.35. The standard InChI is InChI=1S/C18H23N5O4.CH2Cl2/c1-18(2,3)27-15(24)11-23-10-14(16(25)19-17(23)26)21-20-12-6-8-13(9-7-12)22(4)5;2-1-3/h6-10H,11H2,1-5H3,(H,19,25,26);1H2. The van der Waals surface area contributed by atoms with Crippen LogP contribution in [0.15, 0.2) is 50.3 Å². The molecular formula is C19H25Cl2N5O4. The Labute approximate surface area is 184 Å². The third kappa shape index (κ3) is 8.79. The van der Waals surface area contributed by atoms with Crippen LogP contribution in [0.25, 0.3) is 0 Å². The Morgan fingerprint density at radius 3 is 2.20 bits per heavy atom. The molecule has 0 spiro atoms. The van der Waals surface area contributed by atoms with Gasteiger partial charge < -0.3 is 9.64 Å². The van der Waals surface area contributed by atoms with Crippen molar-refractivity contribution in [3.8, 4) is 0 Å². The lowest BCUT2D eigenvalue weighted by molar-refractivity contribution is -0.155. The van der Waals surface area contributed by atoms with Crippen LogP contribution in [-0.2, 0) is 16.1 Å². The number of hydrogen-bond donors (Lipinski definition) is 1. The highest BCUT2D eigenvalue weighted by atomic mass is 35.5. The largest absolute Gasteiger partial charge is 0.459 e. The SMILES string of the molecule is CN(C)c1ccc(N=Nc2cn(CC(=O)OC(C)(C)C)c(=O)[nH]c2=O)cc1.ClCCl. The summed E-state index contributed by atoms with van der Waals surface area (Å²) in [5, 5.41) is 8.09. The van der Waals surface area contributed by atoms with E-state index in [0.29, 0.717) is 5.69 Å². The molecule has 0 aliphatic carbocycles. The minimum absolute atomic E-state index is 0.0881. The zero-order chi connectivity index (χ0) is 22.9. The molecule has 1 aromatic carbocycles. The molecule has 0 saturated carbocycles. The molecule has 164 valence electrons. The van der Waals surface area contributed by atoms with Crippen molar-refractivity contribution in [2.45, 2.75) is 32.9 Å². The van der Waals surface area contributed by atoms with E-state index >= 15 is 0 Å². The average Bonchev–Trinajstić information content (AvgIpc) is 2.62. The number of nitrogens with zero attached hydrogens (tertiary/aromatic N) is 4. The topological polar surface area (TPSA) is 109 Å². The molecule has 0 unspecified atom stereocenters. The molecule has 0 aliphatic rings. The Hall–Kier alpha value is -2.65. The number of anilines is 1.